The second-order valence-electron chi connectivity index (χ2n) is 8.28. The quantitative estimate of drug-likeness (QED) is 0.610. The zero-order valence-corrected chi connectivity index (χ0v) is 18.1. The van der Waals surface area contributed by atoms with Crippen molar-refractivity contribution in [3.63, 3.8) is 0 Å². The van der Waals surface area contributed by atoms with Crippen LogP contribution in [-0.2, 0) is 11.2 Å². The summed E-state index contributed by atoms with van der Waals surface area (Å²) in [5.74, 6) is 0.758. The molecule has 4 rings (SSSR count). The Morgan fingerprint density at radius 1 is 1.25 bits per heavy atom. The van der Waals surface area contributed by atoms with E-state index in [0.29, 0.717) is 30.5 Å². The van der Waals surface area contributed by atoms with E-state index in [-0.39, 0.29) is 31.2 Å². The number of ether oxygens (including phenoxy) is 1. The molecule has 1 aromatic carbocycles. The lowest BCUT2D eigenvalue weighted by molar-refractivity contribution is -0.250. The van der Waals surface area contributed by atoms with Gasteiger partial charge in [0.05, 0.1) is 6.61 Å². The predicted octanol–water partition coefficient (Wildman–Crippen LogP) is 2.24. The van der Waals surface area contributed by atoms with Crippen molar-refractivity contribution >= 4 is 23.5 Å². The zero-order valence-electron chi connectivity index (χ0n) is 17.3. The number of rotatable bonds is 5. The van der Waals surface area contributed by atoms with Crippen molar-refractivity contribution in [3.8, 4) is 0 Å². The number of nitrogens with one attached hydrogen (secondary N) is 1. The van der Waals surface area contributed by atoms with E-state index in [2.05, 4.69) is 20.1 Å². The summed E-state index contributed by atoms with van der Waals surface area (Å²) in [6.07, 6.45) is -6.50. The molecule has 0 aliphatic carbocycles. The minimum absolute atomic E-state index is 0.0111. The molecule has 0 spiro atoms. The molecular formula is C20H26ClF3N6O2. The monoisotopic (exact) mass is 474 g/mol. The van der Waals surface area contributed by atoms with E-state index in [9.17, 15) is 18.3 Å². The third-order valence-corrected chi connectivity index (χ3v) is 6.39. The summed E-state index contributed by atoms with van der Waals surface area (Å²) in [6.45, 7) is 1.42. The lowest BCUT2D eigenvalue weighted by Gasteiger charge is -2.47. The minimum Gasteiger partial charge on any atom is -0.381 e. The number of hydrogen-bond donors (Lipinski definition) is 3. The highest BCUT2D eigenvalue weighted by atomic mass is 35.5. The predicted molar refractivity (Wildman–Crippen MR) is 113 cm³/mol. The topological polar surface area (TPSA) is 104 Å². The third-order valence-electron chi connectivity index (χ3n) is 6.14. The van der Waals surface area contributed by atoms with Crippen molar-refractivity contribution in [2.45, 2.75) is 49.7 Å². The number of H-pyrrole nitrogens is 1. The number of aromatic nitrogens is 3. The van der Waals surface area contributed by atoms with Crippen molar-refractivity contribution < 1.29 is 23.0 Å². The number of hydrogen-bond acceptors (Lipinski definition) is 7. The lowest BCUT2D eigenvalue weighted by atomic mass is 9.95. The van der Waals surface area contributed by atoms with Crippen LogP contribution in [0.15, 0.2) is 24.3 Å². The van der Waals surface area contributed by atoms with Crippen molar-refractivity contribution in [2.75, 3.05) is 36.9 Å². The van der Waals surface area contributed by atoms with Crippen LogP contribution in [-0.4, -0.2) is 81.9 Å². The molecule has 2 fully saturated rings. The van der Waals surface area contributed by atoms with Crippen LogP contribution in [0.3, 0.4) is 0 Å². The molecule has 0 saturated carbocycles. The van der Waals surface area contributed by atoms with Gasteiger partial charge in [-0.05, 0) is 37.0 Å². The first kappa shape index (κ1) is 23.1. The molecule has 2 aromatic rings. The molecular weight excluding hydrogens is 449 g/mol. The van der Waals surface area contributed by atoms with E-state index in [4.69, 9.17) is 22.1 Å². The van der Waals surface area contributed by atoms with Crippen LogP contribution < -0.4 is 10.6 Å². The number of aromatic amines is 1. The Morgan fingerprint density at radius 2 is 1.94 bits per heavy atom. The van der Waals surface area contributed by atoms with E-state index in [1.807, 2.05) is 17.0 Å². The number of halogens is 4. The van der Waals surface area contributed by atoms with Gasteiger partial charge in [-0.3, -0.25) is 4.90 Å². The molecule has 1 unspecified atom stereocenters. The van der Waals surface area contributed by atoms with Gasteiger partial charge in [0, 0.05) is 36.7 Å². The average molecular weight is 475 g/mol. The molecule has 2 saturated heterocycles. The highest BCUT2D eigenvalue weighted by molar-refractivity contribution is 6.30. The highest BCUT2D eigenvalue weighted by Gasteiger charge is 2.48. The molecule has 176 valence electrons. The van der Waals surface area contributed by atoms with Crippen molar-refractivity contribution in [1.29, 1.82) is 0 Å². The summed E-state index contributed by atoms with van der Waals surface area (Å²) in [4.78, 5) is 8.22. The fourth-order valence-corrected chi connectivity index (χ4v) is 4.59. The Hall–Kier alpha value is -2.08. The smallest absolute Gasteiger partial charge is 0.381 e. The van der Waals surface area contributed by atoms with Gasteiger partial charge in [0.25, 0.3) is 0 Å². The third kappa shape index (κ3) is 5.28. The number of nitrogens with zero attached hydrogens (tertiary/aromatic N) is 4. The second-order valence-corrected chi connectivity index (χ2v) is 8.71. The number of aliphatic hydroxyl groups excluding tert-OH is 1. The number of anilines is 2. The van der Waals surface area contributed by atoms with E-state index < -0.39 is 18.4 Å². The second kappa shape index (κ2) is 9.42. The Balaban J connectivity index is 1.47. The molecule has 3 atom stereocenters. The van der Waals surface area contributed by atoms with Gasteiger partial charge in [0.15, 0.2) is 6.10 Å². The number of nitrogens with two attached hydrogens (primary N) is 1. The largest absolute Gasteiger partial charge is 0.416 e. The molecule has 0 radical (unpaired) electrons. The van der Waals surface area contributed by atoms with Gasteiger partial charge in [-0.1, -0.05) is 23.7 Å². The van der Waals surface area contributed by atoms with Gasteiger partial charge in [0.1, 0.15) is 6.10 Å². The van der Waals surface area contributed by atoms with Crippen LogP contribution in [0.5, 0.6) is 0 Å². The minimum atomic E-state index is -4.73. The standard InChI is InChI=1S/C20H26ClF3N6O2/c21-13-3-1-12(2-4-13)9-15-11-32-16(17(31)20(22,23)24)10-30(15)14-5-7-29(8-6-14)19-26-18(25)27-28-19/h1-4,14-17,31H,5-11H2,(H3,25,26,27,28)/t15-,16+,17?/m0/s1. The Bertz CT molecular complexity index is 888. The number of piperidine rings is 1. The summed E-state index contributed by atoms with van der Waals surface area (Å²) in [5.41, 5.74) is 6.63. The van der Waals surface area contributed by atoms with Crippen molar-refractivity contribution in [2.24, 2.45) is 0 Å². The van der Waals surface area contributed by atoms with Crippen LogP contribution in [0.1, 0.15) is 18.4 Å². The van der Waals surface area contributed by atoms with Gasteiger partial charge in [0.2, 0.25) is 11.9 Å². The van der Waals surface area contributed by atoms with Crippen molar-refractivity contribution in [3.05, 3.63) is 34.9 Å². The van der Waals surface area contributed by atoms with Crippen molar-refractivity contribution in [1.82, 2.24) is 20.1 Å². The van der Waals surface area contributed by atoms with E-state index in [0.717, 1.165) is 18.4 Å². The van der Waals surface area contributed by atoms with Crippen LogP contribution in [0, 0.1) is 0 Å². The number of alkyl halides is 3. The first-order chi connectivity index (χ1) is 15.2. The summed E-state index contributed by atoms with van der Waals surface area (Å²) in [6, 6.07) is 7.35. The zero-order chi connectivity index (χ0) is 22.9. The number of morpholine rings is 1. The maximum absolute atomic E-state index is 13.1. The normalized spacial score (nSPS) is 24.6. The molecule has 2 aliphatic rings. The fraction of sp³-hybridized carbons (Fsp3) is 0.600. The highest BCUT2D eigenvalue weighted by Crippen LogP contribution is 2.31. The Morgan fingerprint density at radius 3 is 2.53 bits per heavy atom. The van der Waals surface area contributed by atoms with E-state index >= 15 is 0 Å². The van der Waals surface area contributed by atoms with Crippen LogP contribution >= 0.6 is 11.6 Å². The van der Waals surface area contributed by atoms with Gasteiger partial charge >= 0.3 is 6.18 Å². The first-order valence-corrected chi connectivity index (χ1v) is 10.9. The molecule has 1 aromatic heterocycles. The SMILES string of the molecule is Nc1nc(N2CCC(N3C[C@H](C(O)C(F)(F)F)OC[C@@H]3Cc3ccc(Cl)cc3)CC2)n[nH]1. The molecule has 8 nitrogen and oxygen atoms in total. The summed E-state index contributed by atoms with van der Waals surface area (Å²) < 4.78 is 44.9. The first-order valence-electron chi connectivity index (χ1n) is 10.5. The van der Waals surface area contributed by atoms with Crippen LogP contribution in [0.25, 0.3) is 0 Å². The maximum Gasteiger partial charge on any atom is 0.416 e. The molecule has 0 amide bonds. The Labute approximate surface area is 188 Å². The number of benzene rings is 1. The maximum atomic E-state index is 13.1. The molecule has 0 bridgehead atoms. The molecule has 2 aliphatic heterocycles. The van der Waals surface area contributed by atoms with Crippen LogP contribution in [0.4, 0.5) is 25.1 Å². The molecule has 3 heterocycles. The molecule has 12 heteroatoms. The summed E-state index contributed by atoms with van der Waals surface area (Å²) in [5, 5.41) is 17.1. The fourth-order valence-electron chi connectivity index (χ4n) is 4.46. The lowest BCUT2D eigenvalue weighted by Crippen LogP contribution is -2.60. The van der Waals surface area contributed by atoms with E-state index in [1.165, 1.54) is 0 Å². The number of aliphatic hydroxyl groups is 1. The van der Waals surface area contributed by atoms with Gasteiger partial charge in [-0.15, -0.1) is 5.10 Å². The summed E-state index contributed by atoms with van der Waals surface area (Å²) >= 11 is 5.97. The molecule has 4 N–H and O–H groups in total. The van der Waals surface area contributed by atoms with Gasteiger partial charge in [-0.2, -0.15) is 18.2 Å². The number of nitrogen functional groups attached to an aromatic ring is 1. The summed E-state index contributed by atoms with van der Waals surface area (Å²) in [7, 11) is 0. The average Bonchev–Trinajstić information content (AvgIpc) is 3.21. The Kier molecular flexibility index (Phi) is 6.80. The van der Waals surface area contributed by atoms with Gasteiger partial charge < -0.3 is 20.5 Å². The van der Waals surface area contributed by atoms with Gasteiger partial charge in [-0.25, -0.2) is 5.10 Å². The molecule has 32 heavy (non-hydrogen) atoms. The van der Waals surface area contributed by atoms with E-state index in [1.54, 1.807) is 12.1 Å². The van der Waals surface area contributed by atoms with Crippen LogP contribution in [0.2, 0.25) is 5.02 Å².